The van der Waals surface area contributed by atoms with E-state index in [1.54, 1.807) is 20.8 Å². The van der Waals surface area contributed by atoms with Gasteiger partial charge in [-0.05, 0) is 70.2 Å². The number of halogens is 1. The minimum Gasteiger partial charge on any atom is -0.465 e. The zero-order chi connectivity index (χ0) is 27.6. The van der Waals surface area contributed by atoms with Gasteiger partial charge in [0.2, 0.25) is 10.0 Å². The van der Waals surface area contributed by atoms with Crippen LogP contribution in [0.3, 0.4) is 0 Å². The Hall–Kier alpha value is -2.53. The summed E-state index contributed by atoms with van der Waals surface area (Å²) in [5.41, 5.74) is -1.04. The Bertz CT molecular complexity index is 1030. The molecule has 1 aliphatic heterocycles. The standard InChI is InChI=1S/C26H39FN2O7S/c1-18-10-8-16-35-24(31)19(2)9-6-5-7-11-22(23(18)30)36-25(32)29-26(3,4)17-28-37(33,34)21-14-12-20(27)13-15-21/h12-15,18-19,22,28H,5-11,16-17H2,1-4H3,(H,29,32). The lowest BCUT2D eigenvalue weighted by molar-refractivity contribution is -0.148. The molecule has 1 aromatic carbocycles. The van der Waals surface area contributed by atoms with Gasteiger partial charge in [0.05, 0.1) is 23.0 Å². The lowest BCUT2D eigenvalue weighted by Gasteiger charge is -2.28. The molecule has 11 heteroatoms. The van der Waals surface area contributed by atoms with Gasteiger partial charge >= 0.3 is 12.1 Å². The first-order chi connectivity index (χ1) is 17.3. The molecule has 1 aliphatic rings. The van der Waals surface area contributed by atoms with E-state index >= 15 is 0 Å². The fourth-order valence-electron chi connectivity index (χ4n) is 3.95. The summed E-state index contributed by atoms with van der Waals surface area (Å²) in [6.07, 6.45) is 2.56. The lowest BCUT2D eigenvalue weighted by Crippen LogP contribution is -2.52. The van der Waals surface area contributed by atoms with Crippen molar-refractivity contribution >= 4 is 27.9 Å². The van der Waals surface area contributed by atoms with Crippen LogP contribution < -0.4 is 10.0 Å². The maximum absolute atomic E-state index is 13.1. The van der Waals surface area contributed by atoms with Gasteiger partial charge in [0.25, 0.3) is 0 Å². The average Bonchev–Trinajstić information content (AvgIpc) is 2.83. The van der Waals surface area contributed by atoms with Crippen LogP contribution in [-0.2, 0) is 29.1 Å². The van der Waals surface area contributed by atoms with Crippen molar-refractivity contribution in [3.63, 3.8) is 0 Å². The fraction of sp³-hybridized carbons (Fsp3) is 0.654. The van der Waals surface area contributed by atoms with Crippen LogP contribution in [0.4, 0.5) is 9.18 Å². The molecule has 0 bridgehead atoms. The maximum atomic E-state index is 13.1. The van der Waals surface area contributed by atoms with Crippen LogP contribution in [-0.4, -0.2) is 51.1 Å². The van der Waals surface area contributed by atoms with E-state index in [1.165, 1.54) is 0 Å². The number of esters is 1. The van der Waals surface area contributed by atoms with E-state index in [-0.39, 0.29) is 41.6 Å². The summed E-state index contributed by atoms with van der Waals surface area (Å²) in [5, 5.41) is 2.63. The van der Waals surface area contributed by atoms with Crippen molar-refractivity contribution < 1.29 is 36.7 Å². The van der Waals surface area contributed by atoms with Gasteiger partial charge in [-0.3, -0.25) is 9.59 Å². The predicted octanol–water partition coefficient (Wildman–Crippen LogP) is 4.11. The van der Waals surface area contributed by atoms with Gasteiger partial charge in [0, 0.05) is 12.5 Å². The Labute approximate surface area is 218 Å². The van der Waals surface area contributed by atoms with E-state index in [1.807, 2.05) is 6.92 Å². The second kappa shape index (κ2) is 13.9. The summed E-state index contributed by atoms with van der Waals surface area (Å²) >= 11 is 0. The van der Waals surface area contributed by atoms with Gasteiger partial charge in [-0.2, -0.15) is 0 Å². The molecule has 2 rings (SSSR count). The van der Waals surface area contributed by atoms with Crippen LogP contribution in [0.1, 0.15) is 72.6 Å². The molecule has 0 aliphatic carbocycles. The molecule has 1 fully saturated rings. The smallest absolute Gasteiger partial charge is 0.408 e. The number of ketones is 1. The van der Waals surface area contributed by atoms with Crippen LogP contribution in [0.15, 0.2) is 29.2 Å². The predicted molar refractivity (Wildman–Crippen MR) is 136 cm³/mol. The number of ether oxygens (including phenoxy) is 2. The van der Waals surface area contributed by atoms with Gasteiger partial charge in [-0.1, -0.05) is 26.7 Å². The highest BCUT2D eigenvalue weighted by atomic mass is 32.2. The summed E-state index contributed by atoms with van der Waals surface area (Å²) < 4.78 is 51.3. The number of amides is 1. The van der Waals surface area contributed by atoms with Crippen LogP contribution in [0, 0.1) is 17.7 Å². The van der Waals surface area contributed by atoms with Crippen LogP contribution >= 0.6 is 0 Å². The number of nitrogens with one attached hydrogen (secondary N) is 2. The zero-order valence-corrected chi connectivity index (χ0v) is 22.9. The van der Waals surface area contributed by atoms with Crippen molar-refractivity contribution in [2.45, 2.75) is 89.2 Å². The van der Waals surface area contributed by atoms with Gasteiger partial charge in [0.1, 0.15) is 5.82 Å². The van der Waals surface area contributed by atoms with Crippen LogP contribution in [0.25, 0.3) is 0 Å². The largest absolute Gasteiger partial charge is 0.465 e. The van der Waals surface area contributed by atoms with Crippen molar-refractivity contribution in [2.24, 2.45) is 11.8 Å². The summed E-state index contributed by atoms with van der Waals surface area (Å²) in [6, 6.07) is 4.40. The van der Waals surface area contributed by atoms with E-state index in [9.17, 15) is 27.2 Å². The Kier molecular flexibility index (Phi) is 11.5. The molecule has 2 N–H and O–H groups in total. The highest BCUT2D eigenvalue weighted by molar-refractivity contribution is 7.89. The summed E-state index contributed by atoms with van der Waals surface area (Å²) in [5.74, 6) is -1.52. The van der Waals surface area contributed by atoms with E-state index < -0.39 is 33.6 Å². The van der Waals surface area contributed by atoms with Crippen molar-refractivity contribution in [1.29, 1.82) is 0 Å². The maximum Gasteiger partial charge on any atom is 0.408 e. The summed E-state index contributed by atoms with van der Waals surface area (Å²) in [7, 11) is -3.92. The number of rotatable bonds is 6. The van der Waals surface area contributed by atoms with Crippen molar-refractivity contribution in [3.05, 3.63) is 30.1 Å². The second-order valence-electron chi connectivity index (χ2n) is 10.3. The Morgan fingerprint density at radius 3 is 2.32 bits per heavy atom. The van der Waals surface area contributed by atoms with Crippen LogP contribution in [0.5, 0.6) is 0 Å². The molecule has 1 saturated heterocycles. The molecule has 3 unspecified atom stereocenters. The Morgan fingerprint density at radius 2 is 1.65 bits per heavy atom. The zero-order valence-electron chi connectivity index (χ0n) is 22.0. The topological polar surface area (TPSA) is 128 Å². The third-order valence-corrected chi connectivity index (χ3v) is 7.77. The first-order valence-electron chi connectivity index (χ1n) is 12.7. The molecule has 1 amide bonds. The SMILES string of the molecule is CC1CCCCCC(OC(=O)NC(C)(C)CNS(=O)(=O)c2ccc(F)cc2)C(=O)C(C)CCCOC1=O. The third-order valence-electron chi connectivity index (χ3n) is 6.35. The molecule has 0 aromatic heterocycles. The molecular formula is C26H39FN2O7S. The van der Waals surface area contributed by atoms with Gasteiger partial charge in [-0.25, -0.2) is 22.3 Å². The van der Waals surface area contributed by atoms with Crippen LogP contribution in [0.2, 0.25) is 0 Å². The molecule has 37 heavy (non-hydrogen) atoms. The Balaban J connectivity index is 1.97. The minimum atomic E-state index is -3.92. The third kappa shape index (κ3) is 10.4. The first kappa shape index (κ1) is 30.7. The van der Waals surface area contributed by atoms with Crippen molar-refractivity contribution in [1.82, 2.24) is 10.0 Å². The van der Waals surface area contributed by atoms with E-state index in [4.69, 9.17) is 9.47 Å². The summed E-state index contributed by atoms with van der Waals surface area (Å²) in [6.45, 7) is 6.92. The number of cyclic esters (lactones) is 1. The number of sulfonamides is 1. The molecule has 9 nitrogen and oxygen atoms in total. The highest BCUT2D eigenvalue weighted by Crippen LogP contribution is 2.20. The number of Topliss-reactive ketones (excluding diaryl/α,β-unsaturated/α-hetero) is 1. The first-order valence-corrected chi connectivity index (χ1v) is 14.2. The van der Waals surface area contributed by atoms with E-state index in [0.29, 0.717) is 32.1 Å². The number of alkyl carbamates (subject to hydrolysis) is 1. The normalized spacial score (nSPS) is 23.0. The fourth-order valence-corrected chi connectivity index (χ4v) is 5.16. The molecule has 208 valence electrons. The number of carbonyl (C=O) groups excluding carboxylic acids is 3. The van der Waals surface area contributed by atoms with Gasteiger partial charge < -0.3 is 14.8 Å². The minimum absolute atomic E-state index is 0.101. The molecule has 1 aromatic rings. The molecular weight excluding hydrogens is 503 g/mol. The quantitative estimate of drug-likeness (QED) is 0.518. The van der Waals surface area contributed by atoms with Gasteiger partial charge in [-0.15, -0.1) is 0 Å². The lowest BCUT2D eigenvalue weighted by atomic mass is 9.93. The molecule has 0 radical (unpaired) electrons. The second-order valence-corrected chi connectivity index (χ2v) is 12.1. The summed E-state index contributed by atoms with van der Waals surface area (Å²) in [4.78, 5) is 37.6. The average molecular weight is 543 g/mol. The number of hydrogen-bond donors (Lipinski definition) is 2. The molecule has 0 saturated carbocycles. The molecule has 3 atom stereocenters. The number of benzene rings is 1. The number of carbonyl (C=O) groups is 3. The molecule has 1 heterocycles. The molecule has 0 spiro atoms. The number of hydrogen-bond acceptors (Lipinski definition) is 7. The van der Waals surface area contributed by atoms with Crippen molar-refractivity contribution in [2.75, 3.05) is 13.2 Å². The monoisotopic (exact) mass is 542 g/mol. The van der Waals surface area contributed by atoms with Gasteiger partial charge in [0.15, 0.2) is 11.9 Å². The Morgan fingerprint density at radius 1 is 1.03 bits per heavy atom. The van der Waals surface area contributed by atoms with E-state index in [0.717, 1.165) is 37.1 Å². The van der Waals surface area contributed by atoms with E-state index in [2.05, 4.69) is 10.0 Å². The van der Waals surface area contributed by atoms with Crippen molar-refractivity contribution in [3.8, 4) is 0 Å². The highest BCUT2D eigenvalue weighted by Gasteiger charge is 2.30.